The van der Waals surface area contributed by atoms with E-state index in [4.69, 9.17) is 4.74 Å². The molecule has 0 aliphatic heterocycles. The van der Waals surface area contributed by atoms with Gasteiger partial charge in [0.25, 0.3) is 0 Å². The number of carbonyl (C=O) groups is 1. The predicted molar refractivity (Wildman–Crippen MR) is 90.7 cm³/mol. The van der Waals surface area contributed by atoms with Crippen molar-refractivity contribution in [1.82, 2.24) is 0 Å². The third-order valence-electron chi connectivity index (χ3n) is 3.32. The maximum atomic E-state index is 12.7. The van der Waals surface area contributed by atoms with Crippen LogP contribution in [0.5, 0.6) is 0 Å². The predicted octanol–water partition coefficient (Wildman–Crippen LogP) is 5.84. The lowest BCUT2D eigenvalue weighted by molar-refractivity contribution is -0.144. The molecule has 0 aromatic rings. The van der Waals surface area contributed by atoms with E-state index >= 15 is 0 Å². The average molecular weight is 339 g/mol. The Morgan fingerprint density at radius 1 is 1.05 bits per heavy atom. The second-order valence-corrected chi connectivity index (χ2v) is 8.41. The molecular weight excluding hydrogens is 306 g/mol. The molecule has 0 amide bonds. The third-order valence-corrected chi connectivity index (χ3v) is 4.71. The number of alkyl halides is 2. The van der Waals surface area contributed by atoms with Gasteiger partial charge in [-0.25, -0.2) is 8.78 Å². The highest BCUT2D eigenvalue weighted by atomic mass is 32.2. The van der Waals surface area contributed by atoms with Crippen molar-refractivity contribution < 1.29 is 18.3 Å². The quantitative estimate of drug-likeness (QED) is 0.312. The Bertz CT molecular complexity index is 302. The molecule has 0 radical (unpaired) electrons. The summed E-state index contributed by atoms with van der Waals surface area (Å²) in [5.74, 6) is -1.75. The largest absolute Gasteiger partial charge is 0.464 e. The summed E-state index contributed by atoms with van der Waals surface area (Å²) < 4.78 is 30.5. The summed E-state index contributed by atoms with van der Waals surface area (Å²) in [6.45, 7) is 7.59. The van der Waals surface area contributed by atoms with Gasteiger partial charge in [-0.3, -0.25) is 4.79 Å². The van der Waals surface area contributed by atoms with Gasteiger partial charge in [-0.15, -0.1) is 0 Å². The Hall–Kier alpha value is -0.320. The summed E-state index contributed by atoms with van der Waals surface area (Å²) in [5.41, 5.74) is 0. The van der Waals surface area contributed by atoms with Crippen molar-refractivity contribution in [2.45, 2.75) is 89.7 Å². The van der Waals surface area contributed by atoms with Gasteiger partial charge < -0.3 is 4.74 Å². The number of thioether (sulfide) groups is 1. The lowest BCUT2D eigenvalue weighted by atomic mass is 10.1. The van der Waals surface area contributed by atoms with Crippen molar-refractivity contribution in [2.24, 2.45) is 0 Å². The Labute approximate surface area is 138 Å². The minimum absolute atomic E-state index is 0.0313. The standard InChI is InChI=1S/C17H32F2O2S/c1-5-6-8-11-15(20)21-14-16(2,3)22-13-10-7-9-12-17(4,18)19/h5-14H2,1-4H3. The summed E-state index contributed by atoms with van der Waals surface area (Å²) in [6.07, 6.45) is 5.83. The summed E-state index contributed by atoms with van der Waals surface area (Å²) in [4.78, 5) is 11.6. The first kappa shape index (κ1) is 21.7. The van der Waals surface area contributed by atoms with Crippen LogP contribution in [-0.4, -0.2) is 29.0 Å². The average Bonchev–Trinajstić information content (AvgIpc) is 2.40. The van der Waals surface area contributed by atoms with Crippen LogP contribution >= 0.6 is 11.8 Å². The molecule has 0 aliphatic carbocycles. The molecule has 0 aromatic heterocycles. The number of halogens is 2. The molecule has 0 saturated heterocycles. The van der Waals surface area contributed by atoms with E-state index in [0.717, 1.165) is 44.8 Å². The monoisotopic (exact) mass is 338 g/mol. The lowest BCUT2D eigenvalue weighted by Gasteiger charge is -2.23. The molecule has 0 N–H and O–H groups in total. The van der Waals surface area contributed by atoms with Crippen molar-refractivity contribution >= 4 is 17.7 Å². The first-order valence-electron chi connectivity index (χ1n) is 8.34. The van der Waals surface area contributed by atoms with Crippen LogP contribution in [-0.2, 0) is 9.53 Å². The molecule has 0 bridgehead atoms. The van der Waals surface area contributed by atoms with Gasteiger partial charge in [0.15, 0.2) is 0 Å². The molecule has 0 atom stereocenters. The van der Waals surface area contributed by atoms with Crippen LogP contribution in [0.4, 0.5) is 8.78 Å². The van der Waals surface area contributed by atoms with Crippen molar-refractivity contribution in [2.75, 3.05) is 12.4 Å². The highest BCUT2D eigenvalue weighted by Gasteiger charge is 2.21. The van der Waals surface area contributed by atoms with Crippen molar-refractivity contribution in [3.63, 3.8) is 0 Å². The lowest BCUT2D eigenvalue weighted by Crippen LogP contribution is -2.25. The number of esters is 1. The van der Waals surface area contributed by atoms with Crippen LogP contribution in [0.25, 0.3) is 0 Å². The molecule has 0 heterocycles. The molecule has 0 unspecified atom stereocenters. The molecule has 132 valence electrons. The minimum atomic E-state index is -2.54. The zero-order valence-corrected chi connectivity index (χ0v) is 15.4. The zero-order valence-electron chi connectivity index (χ0n) is 14.6. The minimum Gasteiger partial charge on any atom is -0.464 e. The Morgan fingerprint density at radius 3 is 2.32 bits per heavy atom. The summed E-state index contributed by atoms with van der Waals surface area (Å²) in [6, 6.07) is 0. The van der Waals surface area contributed by atoms with Crippen molar-refractivity contribution in [3.8, 4) is 0 Å². The van der Waals surface area contributed by atoms with E-state index < -0.39 is 5.92 Å². The highest BCUT2D eigenvalue weighted by Crippen LogP contribution is 2.27. The van der Waals surface area contributed by atoms with E-state index in [1.807, 2.05) is 0 Å². The molecule has 0 aromatic carbocycles. The van der Waals surface area contributed by atoms with E-state index in [9.17, 15) is 13.6 Å². The SMILES string of the molecule is CCCCCC(=O)OCC(C)(C)SCCCCCC(C)(F)F. The number of rotatable bonds is 13. The van der Waals surface area contributed by atoms with E-state index in [2.05, 4.69) is 20.8 Å². The fourth-order valence-electron chi connectivity index (χ4n) is 1.95. The van der Waals surface area contributed by atoms with Gasteiger partial charge in [-0.1, -0.05) is 26.2 Å². The Balaban J connectivity index is 3.66. The number of carbonyl (C=O) groups excluding carboxylic acids is 1. The van der Waals surface area contributed by atoms with Gasteiger partial charge in [0.2, 0.25) is 5.92 Å². The van der Waals surface area contributed by atoms with E-state index in [-0.39, 0.29) is 17.1 Å². The normalized spacial score (nSPS) is 12.5. The van der Waals surface area contributed by atoms with Crippen LogP contribution in [0, 0.1) is 0 Å². The van der Waals surface area contributed by atoms with Crippen LogP contribution in [0.1, 0.15) is 79.1 Å². The maximum Gasteiger partial charge on any atom is 0.305 e. The van der Waals surface area contributed by atoms with E-state index in [1.165, 1.54) is 0 Å². The Morgan fingerprint density at radius 2 is 1.73 bits per heavy atom. The molecule has 0 rings (SSSR count). The summed E-state index contributed by atoms with van der Waals surface area (Å²) in [7, 11) is 0. The van der Waals surface area contributed by atoms with Gasteiger partial charge in [0.1, 0.15) is 6.61 Å². The van der Waals surface area contributed by atoms with Crippen LogP contribution < -0.4 is 0 Å². The maximum absolute atomic E-state index is 12.7. The van der Waals surface area contributed by atoms with Crippen LogP contribution in [0.15, 0.2) is 0 Å². The third kappa shape index (κ3) is 14.6. The van der Waals surface area contributed by atoms with Crippen molar-refractivity contribution in [3.05, 3.63) is 0 Å². The fraction of sp³-hybridized carbons (Fsp3) is 0.941. The van der Waals surface area contributed by atoms with Crippen LogP contribution in [0.3, 0.4) is 0 Å². The molecular formula is C17H32F2O2S. The molecule has 22 heavy (non-hydrogen) atoms. The number of hydrogen-bond acceptors (Lipinski definition) is 3. The zero-order chi connectivity index (χ0) is 17.1. The Kier molecular flexibility index (Phi) is 11.1. The molecule has 0 aliphatic rings. The fourth-order valence-corrected chi connectivity index (χ4v) is 2.99. The second kappa shape index (κ2) is 11.3. The first-order chi connectivity index (χ1) is 10.2. The molecule has 2 nitrogen and oxygen atoms in total. The molecule has 5 heteroatoms. The van der Waals surface area contributed by atoms with Crippen LogP contribution in [0.2, 0.25) is 0 Å². The van der Waals surface area contributed by atoms with Gasteiger partial charge in [-0.2, -0.15) is 11.8 Å². The molecule has 0 spiro atoms. The van der Waals surface area contributed by atoms with E-state index in [1.54, 1.807) is 11.8 Å². The molecule has 0 saturated carbocycles. The van der Waals surface area contributed by atoms with Crippen molar-refractivity contribution in [1.29, 1.82) is 0 Å². The summed E-state index contributed by atoms with van der Waals surface area (Å²) in [5, 5.41) is 0. The summed E-state index contributed by atoms with van der Waals surface area (Å²) >= 11 is 1.74. The number of hydrogen-bond donors (Lipinski definition) is 0. The first-order valence-corrected chi connectivity index (χ1v) is 9.32. The van der Waals surface area contributed by atoms with Gasteiger partial charge in [-0.05, 0) is 45.8 Å². The van der Waals surface area contributed by atoms with Gasteiger partial charge in [0.05, 0.1) is 0 Å². The topological polar surface area (TPSA) is 26.3 Å². The van der Waals surface area contributed by atoms with Gasteiger partial charge in [0, 0.05) is 17.6 Å². The highest BCUT2D eigenvalue weighted by molar-refractivity contribution is 8.00. The van der Waals surface area contributed by atoms with Gasteiger partial charge >= 0.3 is 5.97 Å². The number of unbranched alkanes of at least 4 members (excludes halogenated alkanes) is 4. The number of ether oxygens (including phenoxy) is 1. The second-order valence-electron chi connectivity index (χ2n) is 6.61. The molecule has 0 fully saturated rings. The van der Waals surface area contributed by atoms with E-state index in [0.29, 0.717) is 19.4 Å². The smallest absolute Gasteiger partial charge is 0.305 e.